The standard InChI is InChI=1S/C12H11F2N3/c1-7-5-9(15)12(16-6-7)17-10-4-2-3-8(13)11(10)14/h2-6H,15H2,1H3,(H,16,17). The number of pyridine rings is 1. The van der Waals surface area contributed by atoms with Gasteiger partial charge in [-0.3, -0.25) is 0 Å². The van der Waals surface area contributed by atoms with E-state index in [0.29, 0.717) is 11.5 Å². The molecular formula is C12H11F2N3. The molecule has 0 saturated heterocycles. The van der Waals surface area contributed by atoms with Gasteiger partial charge in [0.2, 0.25) is 0 Å². The molecule has 0 unspecified atom stereocenters. The van der Waals surface area contributed by atoms with Crippen molar-refractivity contribution in [1.82, 2.24) is 4.98 Å². The summed E-state index contributed by atoms with van der Waals surface area (Å²) in [5, 5.41) is 2.66. The molecular weight excluding hydrogens is 224 g/mol. The van der Waals surface area contributed by atoms with Gasteiger partial charge in [-0.1, -0.05) is 6.07 Å². The molecule has 0 bridgehead atoms. The SMILES string of the molecule is Cc1cnc(Nc2cccc(F)c2F)c(N)c1. The van der Waals surface area contributed by atoms with Crippen molar-refractivity contribution < 1.29 is 8.78 Å². The summed E-state index contributed by atoms with van der Waals surface area (Å²) in [6, 6.07) is 5.57. The number of nitrogens with one attached hydrogen (secondary N) is 1. The molecule has 0 saturated carbocycles. The summed E-state index contributed by atoms with van der Waals surface area (Å²) in [5.74, 6) is -1.56. The molecule has 1 heterocycles. The van der Waals surface area contributed by atoms with Gasteiger partial charge in [-0.15, -0.1) is 0 Å². The van der Waals surface area contributed by atoms with Crippen LogP contribution < -0.4 is 11.1 Å². The van der Waals surface area contributed by atoms with E-state index in [-0.39, 0.29) is 5.69 Å². The van der Waals surface area contributed by atoms with Gasteiger partial charge in [0.25, 0.3) is 0 Å². The molecule has 2 aromatic rings. The maximum Gasteiger partial charge on any atom is 0.182 e. The van der Waals surface area contributed by atoms with Crippen LogP contribution in [0.25, 0.3) is 0 Å². The van der Waals surface area contributed by atoms with Gasteiger partial charge in [0.1, 0.15) is 0 Å². The highest BCUT2D eigenvalue weighted by molar-refractivity contribution is 5.69. The second-order valence-electron chi connectivity index (χ2n) is 3.68. The van der Waals surface area contributed by atoms with Gasteiger partial charge in [0.15, 0.2) is 17.5 Å². The van der Waals surface area contributed by atoms with Crippen molar-refractivity contribution in [3.63, 3.8) is 0 Å². The molecule has 2 rings (SSSR count). The molecule has 0 aliphatic rings. The van der Waals surface area contributed by atoms with E-state index in [4.69, 9.17) is 5.73 Å². The highest BCUT2D eigenvalue weighted by atomic mass is 19.2. The van der Waals surface area contributed by atoms with E-state index in [9.17, 15) is 8.78 Å². The van der Waals surface area contributed by atoms with Crippen molar-refractivity contribution in [3.8, 4) is 0 Å². The van der Waals surface area contributed by atoms with Crippen LogP contribution in [0.4, 0.5) is 26.0 Å². The van der Waals surface area contributed by atoms with Crippen LogP contribution >= 0.6 is 0 Å². The zero-order valence-electron chi connectivity index (χ0n) is 9.17. The molecule has 1 aromatic carbocycles. The zero-order valence-corrected chi connectivity index (χ0v) is 9.17. The monoisotopic (exact) mass is 235 g/mol. The highest BCUT2D eigenvalue weighted by Gasteiger charge is 2.09. The Morgan fingerprint density at radius 2 is 2.06 bits per heavy atom. The van der Waals surface area contributed by atoms with Crippen LogP contribution in [0.2, 0.25) is 0 Å². The summed E-state index contributed by atoms with van der Waals surface area (Å²) in [4.78, 5) is 4.02. The average Bonchev–Trinajstić information content (AvgIpc) is 2.28. The first-order valence-electron chi connectivity index (χ1n) is 5.01. The molecule has 0 amide bonds. The van der Waals surface area contributed by atoms with Crippen LogP contribution in [-0.2, 0) is 0 Å². The molecule has 0 aliphatic heterocycles. The van der Waals surface area contributed by atoms with Gasteiger partial charge >= 0.3 is 0 Å². The number of anilines is 3. The van der Waals surface area contributed by atoms with Gasteiger partial charge in [-0.25, -0.2) is 13.8 Å². The van der Waals surface area contributed by atoms with Gasteiger partial charge in [-0.05, 0) is 30.7 Å². The summed E-state index contributed by atoms with van der Waals surface area (Å²) in [7, 11) is 0. The fraction of sp³-hybridized carbons (Fsp3) is 0.0833. The second kappa shape index (κ2) is 4.37. The molecule has 3 nitrogen and oxygen atoms in total. The second-order valence-corrected chi connectivity index (χ2v) is 3.68. The Morgan fingerprint density at radius 3 is 2.76 bits per heavy atom. The van der Waals surface area contributed by atoms with Crippen LogP contribution in [-0.4, -0.2) is 4.98 Å². The van der Waals surface area contributed by atoms with E-state index in [1.54, 1.807) is 12.3 Å². The summed E-state index contributed by atoms with van der Waals surface area (Å²) in [5.41, 5.74) is 7.00. The lowest BCUT2D eigenvalue weighted by molar-refractivity contribution is 0.511. The lowest BCUT2D eigenvalue weighted by atomic mass is 10.2. The van der Waals surface area contributed by atoms with Crippen molar-refractivity contribution in [2.24, 2.45) is 0 Å². The summed E-state index contributed by atoms with van der Waals surface area (Å²) in [6.45, 7) is 1.84. The number of nitrogens with two attached hydrogens (primary N) is 1. The molecule has 3 N–H and O–H groups in total. The van der Waals surface area contributed by atoms with Gasteiger partial charge < -0.3 is 11.1 Å². The Morgan fingerprint density at radius 1 is 1.29 bits per heavy atom. The molecule has 1 aromatic heterocycles. The van der Waals surface area contributed by atoms with Crippen LogP contribution in [0, 0.1) is 18.6 Å². The van der Waals surface area contributed by atoms with E-state index in [0.717, 1.165) is 11.6 Å². The number of rotatable bonds is 2. The van der Waals surface area contributed by atoms with Crippen LogP contribution in [0.3, 0.4) is 0 Å². The molecule has 0 aliphatic carbocycles. The zero-order chi connectivity index (χ0) is 12.4. The van der Waals surface area contributed by atoms with E-state index in [1.165, 1.54) is 12.1 Å². The molecule has 0 atom stereocenters. The predicted molar refractivity (Wildman–Crippen MR) is 63.0 cm³/mol. The van der Waals surface area contributed by atoms with E-state index in [1.807, 2.05) is 6.92 Å². The molecule has 0 radical (unpaired) electrons. The quantitative estimate of drug-likeness (QED) is 0.841. The topological polar surface area (TPSA) is 50.9 Å². The highest BCUT2D eigenvalue weighted by Crippen LogP contribution is 2.24. The van der Waals surface area contributed by atoms with E-state index >= 15 is 0 Å². The Balaban J connectivity index is 2.35. The normalized spacial score (nSPS) is 10.3. The van der Waals surface area contributed by atoms with Crippen molar-refractivity contribution in [2.45, 2.75) is 6.92 Å². The number of benzene rings is 1. The first-order chi connectivity index (χ1) is 8.08. The number of nitrogen functional groups attached to an aromatic ring is 1. The Labute approximate surface area is 97.3 Å². The minimum Gasteiger partial charge on any atom is -0.396 e. The Bertz CT molecular complexity index is 555. The van der Waals surface area contributed by atoms with Crippen LogP contribution in [0.15, 0.2) is 30.5 Å². The smallest absolute Gasteiger partial charge is 0.182 e. The summed E-state index contributed by atoms with van der Waals surface area (Å²) >= 11 is 0. The van der Waals surface area contributed by atoms with E-state index < -0.39 is 11.6 Å². The average molecular weight is 235 g/mol. The third-order valence-electron chi connectivity index (χ3n) is 2.26. The molecule has 0 spiro atoms. The third-order valence-corrected chi connectivity index (χ3v) is 2.26. The van der Waals surface area contributed by atoms with Gasteiger partial charge in [0, 0.05) is 6.20 Å². The van der Waals surface area contributed by atoms with Gasteiger partial charge in [-0.2, -0.15) is 0 Å². The molecule has 88 valence electrons. The number of hydrogen-bond acceptors (Lipinski definition) is 3. The van der Waals surface area contributed by atoms with Crippen molar-refractivity contribution in [2.75, 3.05) is 11.1 Å². The minimum atomic E-state index is -0.950. The van der Waals surface area contributed by atoms with Crippen molar-refractivity contribution >= 4 is 17.2 Å². The fourth-order valence-corrected chi connectivity index (χ4v) is 1.42. The van der Waals surface area contributed by atoms with Crippen molar-refractivity contribution in [3.05, 3.63) is 47.7 Å². The lowest BCUT2D eigenvalue weighted by Crippen LogP contribution is -2.02. The largest absolute Gasteiger partial charge is 0.396 e. The lowest BCUT2D eigenvalue weighted by Gasteiger charge is -2.09. The maximum absolute atomic E-state index is 13.4. The summed E-state index contributed by atoms with van der Waals surface area (Å²) < 4.78 is 26.4. The van der Waals surface area contributed by atoms with Crippen molar-refractivity contribution in [1.29, 1.82) is 0 Å². The third kappa shape index (κ3) is 2.33. The Kier molecular flexibility index (Phi) is 2.91. The summed E-state index contributed by atoms with van der Waals surface area (Å²) in [6.07, 6.45) is 1.59. The Hall–Kier alpha value is -2.17. The molecule has 0 fully saturated rings. The number of hydrogen-bond donors (Lipinski definition) is 2. The number of aromatic nitrogens is 1. The number of halogens is 2. The number of aryl methyl sites for hydroxylation is 1. The maximum atomic E-state index is 13.4. The first-order valence-corrected chi connectivity index (χ1v) is 5.01. The van der Waals surface area contributed by atoms with Crippen LogP contribution in [0.5, 0.6) is 0 Å². The van der Waals surface area contributed by atoms with E-state index in [2.05, 4.69) is 10.3 Å². The molecule has 5 heteroatoms. The number of nitrogens with zero attached hydrogens (tertiary/aromatic N) is 1. The van der Waals surface area contributed by atoms with Crippen LogP contribution in [0.1, 0.15) is 5.56 Å². The minimum absolute atomic E-state index is 0.00746. The van der Waals surface area contributed by atoms with Gasteiger partial charge in [0.05, 0.1) is 11.4 Å². The predicted octanol–water partition coefficient (Wildman–Crippen LogP) is 2.99. The first kappa shape index (κ1) is 11.3. The fourth-order valence-electron chi connectivity index (χ4n) is 1.42. The molecule has 17 heavy (non-hydrogen) atoms.